The van der Waals surface area contributed by atoms with Crippen LogP contribution in [0.1, 0.15) is 31.0 Å². The minimum absolute atomic E-state index is 0.0452. The summed E-state index contributed by atoms with van der Waals surface area (Å²) < 4.78 is 0. The average molecular weight is 233 g/mol. The molecule has 2 rings (SSSR count). The molecule has 1 amide bonds. The monoisotopic (exact) mass is 233 g/mol. The van der Waals surface area contributed by atoms with E-state index in [1.807, 2.05) is 32.0 Å². The van der Waals surface area contributed by atoms with Gasteiger partial charge >= 0.3 is 0 Å². The molecule has 0 aliphatic carbocycles. The van der Waals surface area contributed by atoms with E-state index in [2.05, 4.69) is 5.32 Å². The van der Waals surface area contributed by atoms with Gasteiger partial charge in [0, 0.05) is 11.7 Å². The number of carbonyl (C=O) groups is 1. The van der Waals surface area contributed by atoms with Crippen LogP contribution in [-0.2, 0) is 11.2 Å². The van der Waals surface area contributed by atoms with Crippen molar-refractivity contribution in [3.63, 3.8) is 0 Å². The highest BCUT2D eigenvalue weighted by Gasteiger charge is 2.27. The lowest BCUT2D eigenvalue weighted by Crippen LogP contribution is -2.35. The lowest BCUT2D eigenvalue weighted by Gasteiger charge is -2.30. The van der Waals surface area contributed by atoms with Crippen molar-refractivity contribution in [1.82, 2.24) is 0 Å². The van der Waals surface area contributed by atoms with Crippen molar-refractivity contribution in [3.05, 3.63) is 29.3 Å². The number of hydrogen-bond acceptors (Lipinski definition) is 3. The van der Waals surface area contributed by atoms with Crippen molar-refractivity contribution < 1.29 is 4.79 Å². The number of carbonyl (C=O) groups excluding carboxylic acids is 1. The van der Waals surface area contributed by atoms with Crippen LogP contribution in [0, 0.1) is 5.41 Å². The Balaban J connectivity index is 2.30. The molecule has 4 heteroatoms. The molecule has 17 heavy (non-hydrogen) atoms. The minimum Gasteiger partial charge on any atom is -0.330 e. The Morgan fingerprint density at radius 3 is 2.82 bits per heavy atom. The molecule has 1 unspecified atom stereocenters. The van der Waals surface area contributed by atoms with E-state index < -0.39 is 0 Å². The van der Waals surface area contributed by atoms with Crippen LogP contribution >= 0.6 is 0 Å². The topological polar surface area (TPSA) is 81.1 Å². The zero-order valence-corrected chi connectivity index (χ0v) is 10.3. The summed E-state index contributed by atoms with van der Waals surface area (Å²) >= 11 is 0. The molecule has 0 saturated carbocycles. The molecule has 1 aromatic carbocycles. The van der Waals surface area contributed by atoms with Crippen molar-refractivity contribution in [2.75, 3.05) is 11.9 Å². The SMILES string of the molecule is CC(C)(CN)C(N)c1ccc2c(c1)CC(=O)N2. The Labute approximate surface area is 101 Å². The number of fused-ring (bicyclic) bond motifs is 1. The first-order chi connectivity index (χ1) is 7.94. The molecule has 1 aromatic rings. The van der Waals surface area contributed by atoms with Crippen LogP contribution in [0.25, 0.3) is 0 Å². The van der Waals surface area contributed by atoms with Crippen LogP contribution in [0.2, 0.25) is 0 Å². The van der Waals surface area contributed by atoms with Crippen LogP contribution < -0.4 is 16.8 Å². The van der Waals surface area contributed by atoms with E-state index in [0.29, 0.717) is 13.0 Å². The third-order valence-corrected chi connectivity index (χ3v) is 3.48. The van der Waals surface area contributed by atoms with E-state index in [-0.39, 0.29) is 17.4 Å². The predicted octanol–water partition coefficient (Wildman–Crippen LogP) is 1.17. The van der Waals surface area contributed by atoms with Gasteiger partial charge in [-0.15, -0.1) is 0 Å². The number of nitrogens with one attached hydrogen (secondary N) is 1. The molecular formula is C13H19N3O. The molecule has 1 aliphatic rings. The lowest BCUT2D eigenvalue weighted by molar-refractivity contribution is -0.115. The molecule has 1 atom stereocenters. The van der Waals surface area contributed by atoms with Gasteiger partial charge in [0.15, 0.2) is 0 Å². The van der Waals surface area contributed by atoms with Crippen molar-refractivity contribution in [3.8, 4) is 0 Å². The van der Waals surface area contributed by atoms with Crippen LogP contribution in [-0.4, -0.2) is 12.5 Å². The molecule has 92 valence electrons. The predicted molar refractivity (Wildman–Crippen MR) is 68.5 cm³/mol. The highest BCUT2D eigenvalue weighted by atomic mass is 16.1. The van der Waals surface area contributed by atoms with Gasteiger partial charge in [-0.3, -0.25) is 4.79 Å². The van der Waals surface area contributed by atoms with E-state index in [4.69, 9.17) is 11.5 Å². The van der Waals surface area contributed by atoms with Crippen molar-refractivity contribution in [2.24, 2.45) is 16.9 Å². The highest BCUT2D eigenvalue weighted by Crippen LogP contribution is 2.33. The second-order valence-electron chi connectivity index (χ2n) is 5.31. The number of benzene rings is 1. The Kier molecular flexibility index (Phi) is 2.93. The quantitative estimate of drug-likeness (QED) is 0.733. The summed E-state index contributed by atoms with van der Waals surface area (Å²) in [4.78, 5) is 11.3. The highest BCUT2D eigenvalue weighted by molar-refractivity contribution is 5.99. The van der Waals surface area contributed by atoms with E-state index in [1.54, 1.807) is 0 Å². The first-order valence-corrected chi connectivity index (χ1v) is 5.82. The zero-order valence-electron chi connectivity index (χ0n) is 10.3. The standard InChI is InChI=1S/C13H19N3O/c1-13(2,7-14)12(15)8-3-4-10-9(5-8)6-11(17)16-10/h3-5,12H,6-7,14-15H2,1-2H3,(H,16,17). The zero-order chi connectivity index (χ0) is 12.6. The van der Waals surface area contributed by atoms with Gasteiger partial charge in [-0.2, -0.15) is 0 Å². The van der Waals surface area contributed by atoms with Gasteiger partial charge in [0.25, 0.3) is 0 Å². The van der Waals surface area contributed by atoms with Gasteiger partial charge in [-0.05, 0) is 29.2 Å². The smallest absolute Gasteiger partial charge is 0.228 e. The normalized spacial score (nSPS) is 16.6. The average Bonchev–Trinajstić information content (AvgIpc) is 2.66. The second-order valence-corrected chi connectivity index (χ2v) is 5.31. The first kappa shape index (κ1) is 12.1. The molecule has 0 saturated heterocycles. The van der Waals surface area contributed by atoms with Crippen LogP contribution in [0.5, 0.6) is 0 Å². The van der Waals surface area contributed by atoms with Crippen LogP contribution in [0.4, 0.5) is 5.69 Å². The third-order valence-electron chi connectivity index (χ3n) is 3.48. The molecule has 1 aliphatic heterocycles. The fourth-order valence-electron chi connectivity index (χ4n) is 2.02. The molecule has 0 radical (unpaired) electrons. The molecule has 1 heterocycles. The van der Waals surface area contributed by atoms with Gasteiger partial charge < -0.3 is 16.8 Å². The third kappa shape index (κ3) is 2.18. The Hall–Kier alpha value is -1.39. The Morgan fingerprint density at radius 1 is 1.47 bits per heavy atom. The van der Waals surface area contributed by atoms with Crippen LogP contribution in [0.15, 0.2) is 18.2 Å². The minimum atomic E-state index is -0.149. The van der Waals surface area contributed by atoms with Gasteiger partial charge in [0.05, 0.1) is 6.42 Å². The van der Waals surface area contributed by atoms with E-state index >= 15 is 0 Å². The number of nitrogens with two attached hydrogens (primary N) is 2. The summed E-state index contributed by atoms with van der Waals surface area (Å²) in [5, 5.41) is 2.81. The molecule has 0 bridgehead atoms. The number of amides is 1. The summed E-state index contributed by atoms with van der Waals surface area (Å²) in [6.45, 7) is 4.63. The molecule has 0 fully saturated rings. The molecular weight excluding hydrogens is 214 g/mol. The van der Waals surface area contributed by atoms with E-state index in [1.165, 1.54) is 0 Å². The second kappa shape index (κ2) is 4.13. The fraction of sp³-hybridized carbons (Fsp3) is 0.462. The Morgan fingerprint density at radius 2 is 2.18 bits per heavy atom. The van der Waals surface area contributed by atoms with Crippen molar-refractivity contribution in [1.29, 1.82) is 0 Å². The van der Waals surface area contributed by atoms with Gasteiger partial charge in [-0.25, -0.2) is 0 Å². The fourth-order valence-corrected chi connectivity index (χ4v) is 2.02. The maximum absolute atomic E-state index is 11.3. The molecule has 0 aromatic heterocycles. The Bertz CT molecular complexity index is 454. The van der Waals surface area contributed by atoms with Crippen molar-refractivity contribution >= 4 is 11.6 Å². The van der Waals surface area contributed by atoms with E-state index in [0.717, 1.165) is 16.8 Å². The summed E-state index contributed by atoms with van der Waals surface area (Å²) in [6, 6.07) is 5.78. The summed E-state index contributed by atoms with van der Waals surface area (Å²) in [5.41, 5.74) is 14.8. The lowest BCUT2D eigenvalue weighted by atomic mass is 9.80. The summed E-state index contributed by atoms with van der Waals surface area (Å²) in [7, 11) is 0. The van der Waals surface area contributed by atoms with Crippen LogP contribution in [0.3, 0.4) is 0 Å². The first-order valence-electron chi connectivity index (χ1n) is 5.82. The summed E-state index contributed by atoms with van der Waals surface area (Å²) in [6.07, 6.45) is 0.443. The van der Waals surface area contributed by atoms with Gasteiger partial charge in [0.2, 0.25) is 5.91 Å². The largest absolute Gasteiger partial charge is 0.330 e. The molecule has 4 nitrogen and oxygen atoms in total. The number of anilines is 1. The maximum Gasteiger partial charge on any atom is 0.228 e. The summed E-state index contributed by atoms with van der Waals surface area (Å²) in [5.74, 6) is 0.0452. The number of rotatable bonds is 3. The maximum atomic E-state index is 11.3. The van der Waals surface area contributed by atoms with Gasteiger partial charge in [0.1, 0.15) is 0 Å². The number of hydrogen-bond donors (Lipinski definition) is 3. The molecule has 5 N–H and O–H groups in total. The molecule has 0 spiro atoms. The van der Waals surface area contributed by atoms with Gasteiger partial charge in [-0.1, -0.05) is 26.0 Å². The van der Waals surface area contributed by atoms with Crippen molar-refractivity contribution in [2.45, 2.75) is 26.3 Å². The van der Waals surface area contributed by atoms with E-state index in [9.17, 15) is 4.79 Å².